The van der Waals surface area contributed by atoms with Gasteiger partial charge in [-0.15, -0.1) is 6.42 Å². The van der Waals surface area contributed by atoms with E-state index in [0.717, 1.165) is 26.7 Å². The Labute approximate surface area is 204 Å². The molecule has 170 valence electrons. The van der Waals surface area contributed by atoms with Gasteiger partial charge >= 0.3 is 6.18 Å². The predicted molar refractivity (Wildman–Crippen MR) is 126 cm³/mol. The summed E-state index contributed by atoms with van der Waals surface area (Å²) >= 11 is 2.71. The number of hydrogen-bond donors (Lipinski definition) is 1. The van der Waals surface area contributed by atoms with Crippen molar-refractivity contribution in [2.24, 2.45) is 0 Å². The number of rotatable bonds is 6. The van der Waals surface area contributed by atoms with E-state index in [0.29, 0.717) is 23.1 Å². The molecule has 0 aliphatic carbocycles. The molecule has 33 heavy (non-hydrogen) atoms. The van der Waals surface area contributed by atoms with Crippen molar-refractivity contribution in [3.8, 4) is 18.1 Å². The summed E-state index contributed by atoms with van der Waals surface area (Å²) in [6.07, 6.45) is 2.11. The van der Waals surface area contributed by atoms with Crippen molar-refractivity contribution < 1.29 is 32.3 Å². The first-order valence-corrected chi connectivity index (χ1v) is 11.1. The standard InChI is InChI=1S/C22H14F3IN2O4S/c1-2-8-32-17-7-6-13(9-16(17)26)10-18-20(30)28(21(31)33-18)12-19(29)27-15-5-3-4-14(11-15)22(23,24)25/h1,3-7,9-11H,8,12H2,(H,27,29)/b18-10-. The molecule has 1 heterocycles. The zero-order chi connectivity index (χ0) is 24.2. The van der Waals surface area contributed by atoms with Crippen LogP contribution in [0.15, 0.2) is 47.4 Å². The van der Waals surface area contributed by atoms with Crippen LogP contribution < -0.4 is 10.1 Å². The van der Waals surface area contributed by atoms with E-state index in [2.05, 4.69) is 11.2 Å². The molecule has 1 aliphatic heterocycles. The van der Waals surface area contributed by atoms with Gasteiger partial charge in [0.05, 0.1) is 14.0 Å². The van der Waals surface area contributed by atoms with Crippen LogP contribution in [0.1, 0.15) is 11.1 Å². The number of thioether (sulfide) groups is 1. The molecule has 1 saturated heterocycles. The Morgan fingerprint density at radius 2 is 2.00 bits per heavy atom. The van der Waals surface area contributed by atoms with E-state index in [1.165, 1.54) is 12.1 Å². The molecule has 1 fully saturated rings. The van der Waals surface area contributed by atoms with E-state index in [-0.39, 0.29) is 17.2 Å². The molecule has 2 aromatic carbocycles. The molecule has 0 bridgehead atoms. The number of benzene rings is 2. The number of anilines is 1. The maximum Gasteiger partial charge on any atom is 0.416 e. The Kier molecular flexibility index (Phi) is 7.70. The number of halogens is 4. The first kappa shape index (κ1) is 24.7. The van der Waals surface area contributed by atoms with E-state index in [9.17, 15) is 27.6 Å². The molecular formula is C22H14F3IN2O4S. The van der Waals surface area contributed by atoms with Crippen LogP contribution in [0, 0.1) is 15.9 Å². The van der Waals surface area contributed by atoms with Crippen LogP contribution in [0.2, 0.25) is 0 Å². The Hall–Kier alpha value is -2.98. The molecule has 0 aromatic heterocycles. The quantitative estimate of drug-likeness (QED) is 0.293. The lowest BCUT2D eigenvalue weighted by Crippen LogP contribution is -2.36. The Morgan fingerprint density at radius 3 is 2.67 bits per heavy atom. The summed E-state index contributed by atoms with van der Waals surface area (Å²) < 4.78 is 44.6. The number of carbonyl (C=O) groups is 3. The SMILES string of the molecule is C#CCOc1ccc(/C=C2\SC(=O)N(CC(=O)Nc3cccc(C(F)(F)F)c3)C2=O)cc1I. The van der Waals surface area contributed by atoms with Crippen LogP contribution in [0.3, 0.4) is 0 Å². The van der Waals surface area contributed by atoms with Crippen molar-refractivity contribution in [3.63, 3.8) is 0 Å². The lowest BCUT2D eigenvalue weighted by atomic mass is 10.2. The van der Waals surface area contributed by atoms with Gasteiger partial charge in [-0.25, -0.2) is 0 Å². The third kappa shape index (κ3) is 6.29. The van der Waals surface area contributed by atoms with Gasteiger partial charge in [0.2, 0.25) is 5.91 Å². The number of nitrogens with zero attached hydrogens (tertiary/aromatic N) is 1. The van der Waals surface area contributed by atoms with Crippen molar-refractivity contribution in [2.45, 2.75) is 6.18 Å². The third-order valence-electron chi connectivity index (χ3n) is 4.21. The first-order chi connectivity index (χ1) is 15.6. The second-order valence-electron chi connectivity index (χ2n) is 6.58. The van der Waals surface area contributed by atoms with Gasteiger partial charge in [0.1, 0.15) is 18.9 Å². The highest BCUT2D eigenvalue weighted by Gasteiger charge is 2.36. The zero-order valence-electron chi connectivity index (χ0n) is 16.6. The van der Waals surface area contributed by atoms with Gasteiger partial charge in [-0.2, -0.15) is 13.2 Å². The fourth-order valence-electron chi connectivity index (χ4n) is 2.75. The number of alkyl halides is 3. The maximum absolute atomic E-state index is 12.8. The van der Waals surface area contributed by atoms with Gasteiger partial charge < -0.3 is 10.1 Å². The highest BCUT2D eigenvalue weighted by Crippen LogP contribution is 2.33. The van der Waals surface area contributed by atoms with E-state index in [1.54, 1.807) is 18.2 Å². The largest absolute Gasteiger partial charge is 0.480 e. The second kappa shape index (κ2) is 10.3. The lowest BCUT2D eigenvalue weighted by molar-refractivity contribution is -0.137. The minimum atomic E-state index is -4.57. The van der Waals surface area contributed by atoms with Crippen LogP contribution >= 0.6 is 34.4 Å². The molecule has 11 heteroatoms. The topological polar surface area (TPSA) is 75.7 Å². The number of imide groups is 1. The van der Waals surface area contributed by atoms with Gasteiger partial charge in [0, 0.05) is 5.69 Å². The fourth-order valence-corrected chi connectivity index (χ4v) is 4.28. The molecule has 6 nitrogen and oxygen atoms in total. The predicted octanol–water partition coefficient (Wildman–Crippen LogP) is 5.00. The summed E-state index contributed by atoms with van der Waals surface area (Å²) in [5.41, 5.74) is -0.398. The molecular weight excluding hydrogens is 572 g/mol. The molecule has 0 unspecified atom stereocenters. The Morgan fingerprint density at radius 1 is 1.24 bits per heavy atom. The monoisotopic (exact) mass is 586 g/mol. The number of ether oxygens (including phenoxy) is 1. The van der Waals surface area contributed by atoms with Crippen molar-refractivity contribution in [2.75, 3.05) is 18.5 Å². The van der Waals surface area contributed by atoms with Crippen LogP contribution in [0.25, 0.3) is 6.08 Å². The molecule has 0 spiro atoms. The summed E-state index contributed by atoms with van der Waals surface area (Å²) in [4.78, 5) is 38.0. The van der Waals surface area contributed by atoms with E-state index < -0.39 is 35.3 Å². The number of nitrogens with one attached hydrogen (secondary N) is 1. The molecule has 0 atom stereocenters. The molecule has 1 aliphatic rings. The van der Waals surface area contributed by atoms with Gasteiger partial charge in [-0.1, -0.05) is 18.1 Å². The highest BCUT2D eigenvalue weighted by molar-refractivity contribution is 14.1. The second-order valence-corrected chi connectivity index (χ2v) is 8.73. The third-order valence-corrected chi connectivity index (χ3v) is 5.96. The van der Waals surface area contributed by atoms with Crippen LogP contribution in [-0.4, -0.2) is 35.1 Å². The Balaban J connectivity index is 1.68. The van der Waals surface area contributed by atoms with Gasteiger partial charge in [0.25, 0.3) is 11.1 Å². The molecule has 0 radical (unpaired) electrons. The summed E-state index contributed by atoms with van der Waals surface area (Å²) in [5.74, 6) is 1.46. The molecule has 2 aromatic rings. The molecule has 3 amide bonds. The summed E-state index contributed by atoms with van der Waals surface area (Å²) in [7, 11) is 0. The van der Waals surface area contributed by atoms with E-state index >= 15 is 0 Å². The molecule has 1 N–H and O–H groups in total. The summed E-state index contributed by atoms with van der Waals surface area (Å²) in [6.45, 7) is -0.522. The maximum atomic E-state index is 12.8. The summed E-state index contributed by atoms with van der Waals surface area (Å²) in [6, 6.07) is 9.15. The Bertz CT molecular complexity index is 1190. The number of amides is 3. The van der Waals surface area contributed by atoms with Gasteiger partial charge in [-0.05, 0) is 76.3 Å². The molecule has 0 saturated carbocycles. The normalized spacial score (nSPS) is 15.0. The fraction of sp³-hybridized carbons (Fsp3) is 0.136. The van der Waals surface area contributed by atoms with Crippen molar-refractivity contribution in [1.82, 2.24) is 4.90 Å². The average Bonchev–Trinajstić information content (AvgIpc) is 3.00. The van der Waals surface area contributed by atoms with E-state index in [4.69, 9.17) is 11.2 Å². The van der Waals surface area contributed by atoms with Crippen molar-refractivity contribution in [1.29, 1.82) is 0 Å². The van der Waals surface area contributed by atoms with Crippen molar-refractivity contribution in [3.05, 3.63) is 62.1 Å². The van der Waals surface area contributed by atoms with Gasteiger partial charge in [-0.3, -0.25) is 19.3 Å². The van der Waals surface area contributed by atoms with Crippen LogP contribution in [-0.2, 0) is 15.8 Å². The van der Waals surface area contributed by atoms with Crippen LogP contribution in [0.4, 0.5) is 23.7 Å². The summed E-state index contributed by atoms with van der Waals surface area (Å²) in [5, 5.41) is 1.62. The minimum Gasteiger partial charge on any atom is -0.480 e. The highest BCUT2D eigenvalue weighted by atomic mass is 127. The van der Waals surface area contributed by atoms with Gasteiger partial charge in [0.15, 0.2) is 0 Å². The van der Waals surface area contributed by atoms with E-state index in [1.807, 2.05) is 22.6 Å². The number of carbonyl (C=O) groups excluding carboxylic acids is 3. The van der Waals surface area contributed by atoms with Crippen LogP contribution in [0.5, 0.6) is 5.75 Å². The zero-order valence-corrected chi connectivity index (χ0v) is 19.6. The van der Waals surface area contributed by atoms with Crippen molar-refractivity contribution >= 4 is 63.2 Å². The lowest BCUT2D eigenvalue weighted by Gasteiger charge is -2.13. The first-order valence-electron chi connectivity index (χ1n) is 9.17. The minimum absolute atomic E-state index is 0.0981. The molecule has 3 rings (SSSR count). The average molecular weight is 586 g/mol. The number of terminal acetylenes is 1. The smallest absolute Gasteiger partial charge is 0.416 e. The number of hydrogen-bond acceptors (Lipinski definition) is 5.